The number of nitrogens with zero attached hydrogens (tertiary/aromatic N) is 6. The molecule has 0 spiro atoms. The van der Waals surface area contributed by atoms with Gasteiger partial charge in [-0.2, -0.15) is 5.10 Å². The first kappa shape index (κ1) is 24.9. The van der Waals surface area contributed by atoms with Crippen LogP contribution in [0, 0.1) is 19.7 Å². The van der Waals surface area contributed by atoms with E-state index in [9.17, 15) is 9.18 Å². The Morgan fingerprint density at radius 3 is 2.51 bits per heavy atom. The minimum Gasteiger partial charge on any atom is -0.354 e. The Bertz CT molecular complexity index is 1410. The number of anilines is 1. The second-order valence-electron chi connectivity index (χ2n) is 9.69. The molecule has 0 atom stereocenters. The molecule has 0 unspecified atom stereocenters. The second-order valence-corrected chi connectivity index (χ2v) is 9.69. The molecule has 1 aliphatic heterocycles. The van der Waals surface area contributed by atoms with Crippen molar-refractivity contribution in [1.82, 2.24) is 24.6 Å². The first-order valence-corrected chi connectivity index (χ1v) is 13.1. The molecule has 192 valence electrons. The van der Waals surface area contributed by atoms with Crippen LogP contribution in [0.3, 0.4) is 0 Å². The van der Waals surface area contributed by atoms with E-state index in [1.807, 2.05) is 43.0 Å². The summed E-state index contributed by atoms with van der Waals surface area (Å²) in [6.45, 7) is 8.89. The average molecular weight is 501 g/mol. The Hall–Kier alpha value is -3.81. The number of aromatic nitrogens is 4. The largest absolute Gasteiger partial charge is 0.354 e. The van der Waals surface area contributed by atoms with E-state index in [1.165, 1.54) is 12.1 Å². The molecule has 2 aromatic heterocycles. The molecule has 0 radical (unpaired) electrons. The van der Waals surface area contributed by atoms with E-state index >= 15 is 0 Å². The van der Waals surface area contributed by atoms with Gasteiger partial charge in [-0.15, -0.1) is 0 Å². The smallest absolute Gasteiger partial charge is 0.254 e. The molecule has 5 rings (SSSR count). The molecule has 0 bridgehead atoms. The fourth-order valence-corrected chi connectivity index (χ4v) is 4.96. The fraction of sp³-hybridized carbons (Fsp3) is 0.379. The van der Waals surface area contributed by atoms with E-state index in [0.717, 1.165) is 77.4 Å². The minimum atomic E-state index is -0.287. The lowest BCUT2D eigenvalue weighted by atomic mass is 10.1. The Kier molecular flexibility index (Phi) is 7.17. The van der Waals surface area contributed by atoms with Gasteiger partial charge >= 0.3 is 0 Å². The predicted molar refractivity (Wildman–Crippen MR) is 144 cm³/mol. The highest BCUT2D eigenvalue weighted by Crippen LogP contribution is 2.30. The van der Waals surface area contributed by atoms with Gasteiger partial charge in [0.2, 0.25) is 0 Å². The van der Waals surface area contributed by atoms with E-state index < -0.39 is 0 Å². The molecule has 2 aromatic carbocycles. The van der Waals surface area contributed by atoms with Crippen molar-refractivity contribution in [2.45, 2.75) is 46.5 Å². The van der Waals surface area contributed by atoms with Gasteiger partial charge in [0, 0.05) is 38.2 Å². The topological polar surface area (TPSA) is 67.2 Å². The maximum Gasteiger partial charge on any atom is 0.254 e. The molecule has 1 fully saturated rings. The van der Waals surface area contributed by atoms with E-state index in [2.05, 4.69) is 11.8 Å². The van der Waals surface area contributed by atoms with Gasteiger partial charge in [0.15, 0.2) is 5.65 Å². The van der Waals surface area contributed by atoms with Crippen LogP contribution in [-0.4, -0.2) is 56.7 Å². The molecule has 0 aliphatic carbocycles. The molecule has 4 aromatic rings. The summed E-state index contributed by atoms with van der Waals surface area (Å²) in [5, 5.41) is 5.69. The molecular weight excluding hydrogens is 467 g/mol. The quantitative estimate of drug-likeness (QED) is 0.361. The molecule has 0 saturated carbocycles. The van der Waals surface area contributed by atoms with Gasteiger partial charge in [-0.1, -0.05) is 31.5 Å². The van der Waals surface area contributed by atoms with Crippen LogP contribution in [0.1, 0.15) is 53.6 Å². The summed E-state index contributed by atoms with van der Waals surface area (Å²) >= 11 is 0. The van der Waals surface area contributed by atoms with Gasteiger partial charge in [0.05, 0.1) is 16.8 Å². The van der Waals surface area contributed by atoms with Crippen LogP contribution in [0.4, 0.5) is 10.2 Å². The van der Waals surface area contributed by atoms with Crippen molar-refractivity contribution in [2.75, 3.05) is 31.1 Å². The van der Waals surface area contributed by atoms with Crippen molar-refractivity contribution in [1.29, 1.82) is 0 Å². The number of rotatable bonds is 6. The first-order chi connectivity index (χ1) is 18.0. The minimum absolute atomic E-state index is 0.0803. The summed E-state index contributed by atoms with van der Waals surface area (Å²) < 4.78 is 15.4. The van der Waals surface area contributed by atoms with E-state index in [-0.39, 0.29) is 11.7 Å². The van der Waals surface area contributed by atoms with Gasteiger partial charge in [-0.25, -0.2) is 19.0 Å². The maximum atomic E-state index is 13.6. The lowest BCUT2D eigenvalue weighted by Crippen LogP contribution is -2.35. The number of hydrogen-bond donors (Lipinski definition) is 0. The number of hydrogen-bond acceptors (Lipinski definition) is 5. The van der Waals surface area contributed by atoms with Crippen molar-refractivity contribution >= 4 is 22.8 Å². The summed E-state index contributed by atoms with van der Waals surface area (Å²) in [6, 6.07) is 14.1. The molecule has 8 heteroatoms. The van der Waals surface area contributed by atoms with E-state index in [1.54, 1.807) is 16.8 Å². The third kappa shape index (κ3) is 5.05. The summed E-state index contributed by atoms with van der Waals surface area (Å²) in [7, 11) is 0. The molecule has 1 amide bonds. The number of aryl methyl sites for hydroxylation is 3. The lowest BCUT2D eigenvalue weighted by molar-refractivity contribution is 0.0766. The van der Waals surface area contributed by atoms with Crippen LogP contribution in [0.25, 0.3) is 16.7 Å². The third-order valence-corrected chi connectivity index (χ3v) is 7.01. The number of fused-ring (bicyclic) bond motifs is 1. The Morgan fingerprint density at radius 2 is 1.76 bits per heavy atom. The molecule has 1 aliphatic rings. The van der Waals surface area contributed by atoms with Crippen LogP contribution in [0.5, 0.6) is 0 Å². The normalized spacial score (nSPS) is 14.3. The Balaban J connectivity index is 1.50. The molecule has 3 heterocycles. The molecule has 0 N–H and O–H groups in total. The van der Waals surface area contributed by atoms with Crippen molar-refractivity contribution in [3.63, 3.8) is 0 Å². The Labute approximate surface area is 216 Å². The fourth-order valence-electron chi connectivity index (χ4n) is 4.96. The molecule has 1 saturated heterocycles. The van der Waals surface area contributed by atoms with Crippen molar-refractivity contribution in [3.05, 3.63) is 77.0 Å². The summed E-state index contributed by atoms with van der Waals surface area (Å²) in [5.74, 6) is 1.44. The highest BCUT2D eigenvalue weighted by molar-refractivity contribution is 5.96. The second kappa shape index (κ2) is 10.7. The number of halogens is 1. The number of benzene rings is 2. The van der Waals surface area contributed by atoms with Gasteiger partial charge in [0.1, 0.15) is 17.5 Å². The van der Waals surface area contributed by atoms with Crippen molar-refractivity contribution in [3.8, 4) is 5.69 Å². The SMILES string of the molecule is CCCCc1nc(N2CCCN(C(=O)c3ccccc3C)CC2)c2c(C)nn(-c3ccc(F)cc3)c2n1. The number of unbranched alkanes of at least 4 members (excludes halogenated alkanes) is 1. The highest BCUT2D eigenvalue weighted by Gasteiger charge is 2.26. The van der Waals surface area contributed by atoms with Crippen LogP contribution in [0.15, 0.2) is 48.5 Å². The molecule has 37 heavy (non-hydrogen) atoms. The van der Waals surface area contributed by atoms with Crippen LogP contribution in [-0.2, 0) is 6.42 Å². The van der Waals surface area contributed by atoms with Gasteiger partial charge < -0.3 is 9.80 Å². The summed E-state index contributed by atoms with van der Waals surface area (Å²) in [5.41, 5.74) is 4.08. The van der Waals surface area contributed by atoms with Crippen molar-refractivity contribution in [2.24, 2.45) is 0 Å². The zero-order valence-electron chi connectivity index (χ0n) is 21.7. The number of amides is 1. The molecular formula is C29H33FN6O. The Morgan fingerprint density at radius 1 is 0.973 bits per heavy atom. The third-order valence-electron chi connectivity index (χ3n) is 7.01. The number of carbonyl (C=O) groups excluding carboxylic acids is 1. The van der Waals surface area contributed by atoms with Gasteiger partial charge in [-0.05, 0) is 62.6 Å². The first-order valence-electron chi connectivity index (χ1n) is 13.1. The summed E-state index contributed by atoms with van der Waals surface area (Å²) in [6.07, 6.45) is 3.66. The zero-order chi connectivity index (χ0) is 25.9. The summed E-state index contributed by atoms with van der Waals surface area (Å²) in [4.78, 5) is 27.4. The van der Waals surface area contributed by atoms with Gasteiger partial charge in [-0.3, -0.25) is 4.79 Å². The average Bonchev–Trinajstić information content (AvgIpc) is 3.07. The van der Waals surface area contributed by atoms with E-state index in [0.29, 0.717) is 19.6 Å². The number of carbonyl (C=O) groups is 1. The van der Waals surface area contributed by atoms with Crippen LogP contribution in [0.2, 0.25) is 0 Å². The highest BCUT2D eigenvalue weighted by atomic mass is 19.1. The van der Waals surface area contributed by atoms with Gasteiger partial charge in [0.25, 0.3) is 5.91 Å². The van der Waals surface area contributed by atoms with E-state index in [4.69, 9.17) is 15.1 Å². The lowest BCUT2D eigenvalue weighted by Gasteiger charge is -2.24. The molecule has 7 nitrogen and oxygen atoms in total. The predicted octanol–water partition coefficient (Wildman–Crippen LogP) is 5.27. The standard InChI is InChI=1S/C29H33FN6O/c1-4-5-11-25-31-27(26-21(3)33-36(28(26)32-25)23-14-12-22(30)13-15-23)34-16-8-17-35(19-18-34)29(37)24-10-7-6-9-20(24)2/h6-7,9-10,12-15H,4-5,8,11,16-19H2,1-3H3. The zero-order valence-corrected chi connectivity index (χ0v) is 21.7. The van der Waals surface area contributed by atoms with Crippen LogP contribution < -0.4 is 4.90 Å². The van der Waals surface area contributed by atoms with Crippen LogP contribution >= 0.6 is 0 Å². The monoisotopic (exact) mass is 500 g/mol. The van der Waals surface area contributed by atoms with Crippen molar-refractivity contribution < 1.29 is 9.18 Å². The maximum absolute atomic E-state index is 13.6.